The molecule has 0 aromatic rings. The van der Waals surface area contributed by atoms with Gasteiger partial charge in [0.1, 0.15) is 0 Å². The zero-order chi connectivity index (χ0) is 10.6. The molecule has 84 valence electrons. The van der Waals surface area contributed by atoms with Gasteiger partial charge in [0.2, 0.25) is 0 Å². The second-order valence-corrected chi connectivity index (χ2v) is 4.36. The molecule has 0 amide bonds. The van der Waals surface area contributed by atoms with Crippen LogP contribution in [0, 0.1) is 0 Å². The average Bonchev–Trinajstić information content (AvgIpc) is 2.18. The van der Waals surface area contributed by atoms with Crippen LogP contribution in [-0.2, 0) is 0 Å². The predicted molar refractivity (Wildman–Crippen MR) is 66.7 cm³/mol. The predicted octanol–water partition coefficient (Wildman–Crippen LogP) is 5.48. The molecule has 0 fully saturated rings. The van der Waals surface area contributed by atoms with Gasteiger partial charge in [0.05, 0.1) is 0 Å². The maximum absolute atomic E-state index is 2.45. The molecule has 0 saturated heterocycles. The smallest absolute Gasteiger partial charge is 0.0323 e. The third-order valence-corrected chi connectivity index (χ3v) is 2.73. The quantitative estimate of drug-likeness (QED) is 0.338. The van der Waals surface area contributed by atoms with Gasteiger partial charge in [-0.2, -0.15) is 0 Å². The minimum atomic E-state index is 1.30. The maximum Gasteiger partial charge on any atom is -0.0323 e. The van der Waals surface area contributed by atoms with Crippen molar-refractivity contribution in [1.29, 1.82) is 0 Å². The van der Waals surface area contributed by atoms with Crippen molar-refractivity contribution in [2.75, 3.05) is 0 Å². The van der Waals surface area contributed by atoms with Crippen LogP contribution in [0.1, 0.15) is 78.6 Å². The molecule has 0 saturated carbocycles. The van der Waals surface area contributed by atoms with Gasteiger partial charge in [0.25, 0.3) is 0 Å². The lowest BCUT2D eigenvalue weighted by Gasteiger charge is -2.00. The maximum atomic E-state index is 2.45. The van der Waals surface area contributed by atoms with E-state index in [0.29, 0.717) is 0 Å². The van der Waals surface area contributed by atoms with Crippen LogP contribution in [0.15, 0.2) is 11.6 Å². The van der Waals surface area contributed by atoms with E-state index in [1.165, 1.54) is 57.8 Å². The molecule has 0 aromatic carbocycles. The van der Waals surface area contributed by atoms with Crippen LogP contribution in [0.25, 0.3) is 0 Å². The van der Waals surface area contributed by atoms with Gasteiger partial charge < -0.3 is 0 Å². The highest BCUT2D eigenvalue weighted by molar-refractivity contribution is 4.97. The molecule has 0 heteroatoms. The Hall–Kier alpha value is -0.260. The summed E-state index contributed by atoms with van der Waals surface area (Å²) in [5.74, 6) is 0. The summed E-state index contributed by atoms with van der Waals surface area (Å²) in [7, 11) is 0. The van der Waals surface area contributed by atoms with Crippen molar-refractivity contribution < 1.29 is 0 Å². The van der Waals surface area contributed by atoms with Crippen LogP contribution >= 0.6 is 0 Å². The number of rotatable bonds is 9. The van der Waals surface area contributed by atoms with E-state index in [4.69, 9.17) is 0 Å². The van der Waals surface area contributed by atoms with Crippen molar-refractivity contribution >= 4 is 0 Å². The first-order chi connectivity index (χ1) is 6.81. The van der Waals surface area contributed by atoms with Gasteiger partial charge in [-0.15, -0.1) is 0 Å². The largest absolute Gasteiger partial charge is 0.0856 e. The topological polar surface area (TPSA) is 0 Å². The molecule has 0 atom stereocenters. The van der Waals surface area contributed by atoms with Crippen molar-refractivity contribution in [3.05, 3.63) is 11.6 Å². The summed E-state index contributed by atoms with van der Waals surface area (Å²) in [5, 5.41) is 0. The Balaban J connectivity index is 3.27. The first-order valence-corrected chi connectivity index (χ1v) is 6.46. The molecule has 0 spiro atoms. The molecule has 0 heterocycles. The van der Waals surface area contributed by atoms with E-state index in [2.05, 4.69) is 26.8 Å². The minimum absolute atomic E-state index is 1.30. The van der Waals surface area contributed by atoms with Crippen molar-refractivity contribution in [3.63, 3.8) is 0 Å². The van der Waals surface area contributed by atoms with Crippen molar-refractivity contribution in [2.45, 2.75) is 78.6 Å². The Labute approximate surface area is 90.8 Å². The Morgan fingerprint density at radius 3 is 2.14 bits per heavy atom. The molecule has 0 aliphatic carbocycles. The van der Waals surface area contributed by atoms with Crippen LogP contribution < -0.4 is 0 Å². The molecular formula is C14H28. The molecule has 0 aliphatic heterocycles. The molecule has 0 nitrogen and oxygen atoms in total. The standard InChI is InChI=1S/C14H28/c1-4-6-8-9-11-13-14(3)12-10-7-5-2/h13H,4-12H2,1-3H3. The lowest BCUT2D eigenvalue weighted by Crippen LogP contribution is -1.80. The highest BCUT2D eigenvalue weighted by Gasteiger charge is 1.90. The fourth-order valence-electron chi connectivity index (χ4n) is 1.68. The summed E-state index contributed by atoms with van der Waals surface area (Å²) in [4.78, 5) is 0. The first kappa shape index (κ1) is 13.7. The zero-order valence-electron chi connectivity index (χ0n) is 10.4. The van der Waals surface area contributed by atoms with Crippen LogP contribution in [0.3, 0.4) is 0 Å². The second kappa shape index (κ2) is 10.8. The molecule has 0 aromatic heterocycles. The average molecular weight is 196 g/mol. The third kappa shape index (κ3) is 9.83. The van der Waals surface area contributed by atoms with Gasteiger partial charge in [-0.3, -0.25) is 0 Å². The van der Waals surface area contributed by atoms with Crippen molar-refractivity contribution in [3.8, 4) is 0 Å². The summed E-state index contributed by atoms with van der Waals surface area (Å²) in [6.45, 7) is 6.82. The Morgan fingerprint density at radius 2 is 1.50 bits per heavy atom. The van der Waals surface area contributed by atoms with Crippen molar-refractivity contribution in [2.24, 2.45) is 0 Å². The van der Waals surface area contributed by atoms with Crippen LogP contribution in [0.5, 0.6) is 0 Å². The molecular weight excluding hydrogens is 168 g/mol. The fraction of sp³-hybridized carbons (Fsp3) is 0.857. The Morgan fingerprint density at radius 1 is 0.857 bits per heavy atom. The SMILES string of the molecule is CCCCCCC=C(C)CCCCC. The van der Waals surface area contributed by atoms with Gasteiger partial charge in [0.15, 0.2) is 0 Å². The summed E-state index contributed by atoms with van der Waals surface area (Å²) in [5.41, 5.74) is 1.61. The molecule has 0 bridgehead atoms. The van der Waals surface area contributed by atoms with E-state index in [1.54, 1.807) is 5.57 Å². The molecule has 0 aliphatic rings. The van der Waals surface area contributed by atoms with Crippen LogP contribution in [0.2, 0.25) is 0 Å². The summed E-state index contributed by atoms with van der Waals surface area (Å²) in [6.07, 6.45) is 14.7. The number of hydrogen-bond acceptors (Lipinski definition) is 0. The number of unbranched alkanes of at least 4 members (excludes halogenated alkanes) is 6. The molecule has 0 radical (unpaired) electrons. The van der Waals surface area contributed by atoms with E-state index in [1.807, 2.05) is 0 Å². The van der Waals surface area contributed by atoms with Crippen LogP contribution in [-0.4, -0.2) is 0 Å². The van der Waals surface area contributed by atoms with Gasteiger partial charge in [-0.05, 0) is 32.6 Å². The highest BCUT2D eigenvalue weighted by Crippen LogP contribution is 2.11. The van der Waals surface area contributed by atoms with Gasteiger partial charge in [0, 0.05) is 0 Å². The summed E-state index contributed by atoms with van der Waals surface area (Å²) in [6, 6.07) is 0. The fourth-order valence-corrected chi connectivity index (χ4v) is 1.68. The minimum Gasteiger partial charge on any atom is -0.0856 e. The third-order valence-electron chi connectivity index (χ3n) is 2.73. The lowest BCUT2D eigenvalue weighted by molar-refractivity contribution is 0.669. The molecule has 0 unspecified atom stereocenters. The van der Waals surface area contributed by atoms with E-state index in [-0.39, 0.29) is 0 Å². The first-order valence-electron chi connectivity index (χ1n) is 6.46. The van der Waals surface area contributed by atoms with Gasteiger partial charge >= 0.3 is 0 Å². The van der Waals surface area contributed by atoms with E-state index < -0.39 is 0 Å². The summed E-state index contributed by atoms with van der Waals surface area (Å²) >= 11 is 0. The molecule has 14 heavy (non-hydrogen) atoms. The molecule has 0 rings (SSSR count). The number of hydrogen-bond donors (Lipinski definition) is 0. The van der Waals surface area contributed by atoms with Gasteiger partial charge in [-0.25, -0.2) is 0 Å². The Kier molecular flexibility index (Phi) is 10.6. The lowest BCUT2D eigenvalue weighted by atomic mass is 10.1. The van der Waals surface area contributed by atoms with E-state index in [9.17, 15) is 0 Å². The normalized spacial score (nSPS) is 12.1. The van der Waals surface area contributed by atoms with E-state index >= 15 is 0 Å². The van der Waals surface area contributed by atoms with Gasteiger partial charge in [-0.1, -0.05) is 57.6 Å². The van der Waals surface area contributed by atoms with Crippen molar-refractivity contribution in [1.82, 2.24) is 0 Å². The summed E-state index contributed by atoms with van der Waals surface area (Å²) < 4.78 is 0. The number of allylic oxidation sites excluding steroid dienone is 2. The highest BCUT2D eigenvalue weighted by atomic mass is 14.0. The second-order valence-electron chi connectivity index (χ2n) is 4.36. The van der Waals surface area contributed by atoms with Crippen LogP contribution in [0.4, 0.5) is 0 Å². The van der Waals surface area contributed by atoms with E-state index in [0.717, 1.165) is 0 Å². The Bertz CT molecular complexity index is 133. The molecule has 0 N–H and O–H groups in total. The monoisotopic (exact) mass is 196 g/mol. The zero-order valence-corrected chi connectivity index (χ0v) is 10.4.